The third-order valence-corrected chi connectivity index (χ3v) is 3.48. The highest BCUT2D eigenvalue weighted by Crippen LogP contribution is 2.33. The van der Waals surface area contributed by atoms with E-state index in [1.54, 1.807) is 0 Å². The third kappa shape index (κ3) is 3.64. The Morgan fingerprint density at radius 2 is 1.94 bits per heavy atom. The molecular weight excluding hydrogens is 194 g/mol. The summed E-state index contributed by atoms with van der Waals surface area (Å²) >= 11 is 0. The van der Waals surface area contributed by atoms with Gasteiger partial charge in [-0.1, -0.05) is 44.0 Å². The first-order chi connectivity index (χ1) is 7.90. The maximum absolute atomic E-state index is 3.56. The fourth-order valence-corrected chi connectivity index (χ4v) is 2.22. The first-order valence-corrected chi connectivity index (χ1v) is 6.67. The van der Waals surface area contributed by atoms with Gasteiger partial charge in [-0.15, -0.1) is 0 Å². The van der Waals surface area contributed by atoms with Crippen LogP contribution in [-0.2, 0) is 13.0 Å². The summed E-state index contributed by atoms with van der Waals surface area (Å²) in [6, 6.07) is 8.75. The van der Waals surface area contributed by atoms with Gasteiger partial charge in [0.1, 0.15) is 0 Å². The molecule has 1 aliphatic rings. The molecule has 0 atom stereocenters. The van der Waals surface area contributed by atoms with E-state index in [0.29, 0.717) is 0 Å². The molecule has 0 aliphatic heterocycles. The van der Waals surface area contributed by atoms with Gasteiger partial charge in [0.15, 0.2) is 0 Å². The Labute approximate surface area is 99.3 Å². The first kappa shape index (κ1) is 11.7. The molecule has 1 nitrogen and oxygen atoms in total. The van der Waals surface area contributed by atoms with Crippen molar-refractivity contribution in [3.63, 3.8) is 0 Å². The van der Waals surface area contributed by atoms with Crippen molar-refractivity contribution < 1.29 is 0 Å². The molecule has 0 amide bonds. The summed E-state index contributed by atoms with van der Waals surface area (Å²) in [6.07, 6.45) is 6.89. The molecule has 88 valence electrons. The topological polar surface area (TPSA) is 12.0 Å². The summed E-state index contributed by atoms with van der Waals surface area (Å²) in [5, 5.41) is 3.56. The van der Waals surface area contributed by atoms with Crippen LogP contribution in [0.15, 0.2) is 24.3 Å². The second kappa shape index (κ2) is 6.05. The fraction of sp³-hybridized carbons (Fsp3) is 0.600. The molecular formula is C15H23N. The van der Waals surface area contributed by atoms with Crippen molar-refractivity contribution in [3.05, 3.63) is 35.4 Å². The van der Waals surface area contributed by atoms with Crippen LogP contribution in [0.1, 0.15) is 43.7 Å². The number of hydrogen-bond acceptors (Lipinski definition) is 1. The van der Waals surface area contributed by atoms with Gasteiger partial charge in [-0.3, -0.25) is 0 Å². The summed E-state index contributed by atoms with van der Waals surface area (Å²) in [5.41, 5.74) is 2.95. The molecule has 1 aromatic rings. The normalized spacial score (nSPS) is 15.3. The lowest BCUT2D eigenvalue weighted by Gasteiger charge is -2.08. The highest BCUT2D eigenvalue weighted by Gasteiger charge is 2.19. The summed E-state index contributed by atoms with van der Waals surface area (Å²) < 4.78 is 0. The third-order valence-electron chi connectivity index (χ3n) is 3.48. The Morgan fingerprint density at radius 3 is 2.62 bits per heavy atom. The maximum atomic E-state index is 3.56. The number of benzene rings is 1. The Balaban J connectivity index is 1.67. The van der Waals surface area contributed by atoms with Gasteiger partial charge in [-0.25, -0.2) is 0 Å². The van der Waals surface area contributed by atoms with Gasteiger partial charge >= 0.3 is 0 Å². The molecule has 0 unspecified atom stereocenters. The smallest absolute Gasteiger partial charge is 0.0208 e. The predicted octanol–water partition coefficient (Wildman–Crippen LogP) is 3.53. The maximum Gasteiger partial charge on any atom is 0.0208 e. The van der Waals surface area contributed by atoms with E-state index in [1.807, 2.05) is 0 Å². The van der Waals surface area contributed by atoms with Crippen molar-refractivity contribution in [2.45, 2.75) is 45.6 Å². The zero-order chi connectivity index (χ0) is 11.2. The SMILES string of the molecule is CCc1ccccc1CNCCCC1CC1. The van der Waals surface area contributed by atoms with Crippen molar-refractivity contribution in [1.82, 2.24) is 5.32 Å². The van der Waals surface area contributed by atoms with Crippen LogP contribution in [0.25, 0.3) is 0 Å². The summed E-state index contributed by atoms with van der Waals surface area (Å²) in [4.78, 5) is 0. The zero-order valence-electron chi connectivity index (χ0n) is 10.3. The minimum Gasteiger partial charge on any atom is -0.313 e. The molecule has 0 heterocycles. The molecule has 16 heavy (non-hydrogen) atoms. The molecule has 0 radical (unpaired) electrons. The zero-order valence-corrected chi connectivity index (χ0v) is 10.3. The van der Waals surface area contributed by atoms with Gasteiger partial charge in [-0.05, 0) is 42.9 Å². The van der Waals surface area contributed by atoms with Crippen LogP contribution in [0.2, 0.25) is 0 Å². The van der Waals surface area contributed by atoms with Gasteiger partial charge in [-0.2, -0.15) is 0 Å². The van der Waals surface area contributed by atoms with E-state index < -0.39 is 0 Å². The van der Waals surface area contributed by atoms with Crippen molar-refractivity contribution in [3.8, 4) is 0 Å². The van der Waals surface area contributed by atoms with E-state index in [1.165, 1.54) is 43.4 Å². The van der Waals surface area contributed by atoms with Crippen molar-refractivity contribution in [2.75, 3.05) is 6.54 Å². The average molecular weight is 217 g/mol. The number of nitrogens with one attached hydrogen (secondary N) is 1. The summed E-state index contributed by atoms with van der Waals surface area (Å²) in [7, 11) is 0. The Bertz CT molecular complexity index is 315. The molecule has 2 rings (SSSR count). The monoisotopic (exact) mass is 217 g/mol. The molecule has 1 fully saturated rings. The molecule has 1 aromatic carbocycles. The molecule has 0 aromatic heterocycles. The van der Waals surface area contributed by atoms with Crippen LogP contribution in [-0.4, -0.2) is 6.54 Å². The van der Waals surface area contributed by atoms with Crippen LogP contribution >= 0.6 is 0 Å². The fourth-order valence-electron chi connectivity index (χ4n) is 2.22. The Hall–Kier alpha value is -0.820. The van der Waals surface area contributed by atoms with Gasteiger partial charge in [0.2, 0.25) is 0 Å². The minimum atomic E-state index is 1.04. The lowest BCUT2D eigenvalue weighted by atomic mass is 10.1. The second-order valence-corrected chi connectivity index (χ2v) is 4.88. The first-order valence-electron chi connectivity index (χ1n) is 6.67. The van der Waals surface area contributed by atoms with Gasteiger partial charge in [0.05, 0.1) is 0 Å². The van der Waals surface area contributed by atoms with Gasteiger partial charge < -0.3 is 5.32 Å². The molecule has 0 saturated heterocycles. The van der Waals surface area contributed by atoms with E-state index in [0.717, 1.165) is 18.9 Å². The van der Waals surface area contributed by atoms with Crippen LogP contribution in [0.5, 0.6) is 0 Å². The minimum absolute atomic E-state index is 1.04. The quantitative estimate of drug-likeness (QED) is 0.689. The van der Waals surface area contributed by atoms with E-state index in [2.05, 4.69) is 36.5 Å². The Kier molecular flexibility index (Phi) is 4.41. The predicted molar refractivity (Wildman–Crippen MR) is 69.5 cm³/mol. The van der Waals surface area contributed by atoms with E-state index in [9.17, 15) is 0 Å². The molecule has 1 N–H and O–H groups in total. The van der Waals surface area contributed by atoms with Crippen molar-refractivity contribution in [1.29, 1.82) is 0 Å². The molecule has 1 saturated carbocycles. The molecule has 0 spiro atoms. The lowest BCUT2D eigenvalue weighted by Crippen LogP contribution is -2.15. The number of rotatable bonds is 7. The van der Waals surface area contributed by atoms with Crippen molar-refractivity contribution in [2.24, 2.45) is 5.92 Å². The van der Waals surface area contributed by atoms with E-state index >= 15 is 0 Å². The second-order valence-electron chi connectivity index (χ2n) is 4.88. The van der Waals surface area contributed by atoms with Gasteiger partial charge in [0, 0.05) is 6.54 Å². The van der Waals surface area contributed by atoms with Crippen LogP contribution in [0.4, 0.5) is 0 Å². The lowest BCUT2D eigenvalue weighted by molar-refractivity contribution is 0.592. The standard InChI is InChI=1S/C15H23N/c1-2-14-7-3-4-8-15(14)12-16-11-5-6-13-9-10-13/h3-4,7-8,13,16H,2,5-6,9-12H2,1H3. The molecule has 0 bridgehead atoms. The Morgan fingerprint density at radius 1 is 1.19 bits per heavy atom. The van der Waals surface area contributed by atoms with Crippen LogP contribution in [0.3, 0.4) is 0 Å². The number of aryl methyl sites for hydroxylation is 1. The summed E-state index contributed by atoms with van der Waals surface area (Å²) in [6.45, 7) is 4.44. The van der Waals surface area contributed by atoms with Crippen molar-refractivity contribution >= 4 is 0 Å². The molecule has 1 heteroatoms. The highest BCUT2D eigenvalue weighted by molar-refractivity contribution is 5.26. The van der Waals surface area contributed by atoms with E-state index in [-0.39, 0.29) is 0 Å². The molecule has 1 aliphatic carbocycles. The highest BCUT2D eigenvalue weighted by atomic mass is 14.8. The average Bonchev–Trinajstić information content (AvgIpc) is 3.13. The largest absolute Gasteiger partial charge is 0.313 e. The number of hydrogen-bond donors (Lipinski definition) is 1. The summed E-state index contributed by atoms with van der Waals surface area (Å²) in [5.74, 6) is 1.07. The van der Waals surface area contributed by atoms with Crippen LogP contribution < -0.4 is 5.32 Å². The van der Waals surface area contributed by atoms with Crippen LogP contribution in [0, 0.1) is 5.92 Å². The van der Waals surface area contributed by atoms with Gasteiger partial charge in [0.25, 0.3) is 0 Å². The van der Waals surface area contributed by atoms with E-state index in [4.69, 9.17) is 0 Å².